The molecule has 1 atom stereocenters. The molecule has 1 N–H and O–H groups in total. The number of ether oxygens (including phenoxy) is 1. The van der Waals surface area contributed by atoms with Crippen molar-refractivity contribution in [2.45, 2.75) is 45.1 Å². The van der Waals surface area contributed by atoms with E-state index in [-0.39, 0.29) is 0 Å². The first-order valence-electron chi connectivity index (χ1n) is 6.06. The van der Waals surface area contributed by atoms with Crippen LogP contribution in [0.3, 0.4) is 0 Å². The van der Waals surface area contributed by atoms with Crippen LogP contribution in [0.15, 0.2) is 0 Å². The second kappa shape index (κ2) is 6.15. The second-order valence-electron chi connectivity index (χ2n) is 4.12. The standard InChI is InChI=1S/C11H19N3OS/c1-2-4-10-13-11(16-14-10)12-7-6-9-5-3-8-15-9/h9H,2-8H2,1H3,(H,12,13,14). The summed E-state index contributed by atoms with van der Waals surface area (Å²) in [5, 5.41) is 4.26. The van der Waals surface area contributed by atoms with Crippen LogP contribution < -0.4 is 5.32 Å². The maximum Gasteiger partial charge on any atom is 0.202 e. The third kappa shape index (κ3) is 3.42. The maximum atomic E-state index is 5.56. The molecule has 1 saturated heterocycles. The Morgan fingerprint density at radius 1 is 1.56 bits per heavy atom. The van der Waals surface area contributed by atoms with Crippen LogP contribution in [0.2, 0.25) is 0 Å². The summed E-state index contributed by atoms with van der Waals surface area (Å²) < 4.78 is 9.86. The molecule has 0 saturated carbocycles. The Morgan fingerprint density at radius 3 is 3.25 bits per heavy atom. The van der Waals surface area contributed by atoms with E-state index in [9.17, 15) is 0 Å². The van der Waals surface area contributed by atoms with E-state index in [2.05, 4.69) is 21.6 Å². The molecule has 0 spiro atoms. The summed E-state index contributed by atoms with van der Waals surface area (Å²) in [5.74, 6) is 0.965. The lowest BCUT2D eigenvalue weighted by atomic mass is 10.2. The number of aromatic nitrogens is 2. The molecule has 4 nitrogen and oxygen atoms in total. The summed E-state index contributed by atoms with van der Waals surface area (Å²) in [6.07, 6.45) is 6.03. The minimum Gasteiger partial charge on any atom is -0.378 e. The predicted octanol–water partition coefficient (Wildman–Crippen LogP) is 2.47. The van der Waals surface area contributed by atoms with Crippen LogP contribution in [0, 0.1) is 0 Å². The lowest BCUT2D eigenvalue weighted by Crippen LogP contribution is -2.12. The minimum atomic E-state index is 0.454. The highest BCUT2D eigenvalue weighted by Gasteiger charge is 2.14. The van der Waals surface area contributed by atoms with Gasteiger partial charge in [-0.2, -0.15) is 4.37 Å². The van der Waals surface area contributed by atoms with Crippen LogP contribution in [0.1, 0.15) is 38.4 Å². The molecule has 2 heterocycles. The second-order valence-corrected chi connectivity index (χ2v) is 4.87. The SMILES string of the molecule is CCCc1nsc(NCCC2CCCO2)n1. The van der Waals surface area contributed by atoms with Gasteiger partial charge in [0.2, 0.25) is 5.13 Å². The van der Waals surface area contributed by atoms with Crippen molar-refractivity contribution in [1.82, 2.24) is 9.36 Å². The summed E-state index contributed by atoms with van der Waals surface area (Å²) in [6, 6.07) is 0. The Balaban J connectivity index is 1.67. The van der Waals surface area contributed by atoms with E-state index in [0.29, 0.717) is 6.10 Å². The zero-order valence-electron chi connectivity index (χ0n) is 9.74. The van der Waals surface area contributed by atoms with Crippen molar-refractivity contribution < 1.29 is 4.74 Å². The largest absolute Gasteiger partial charge is 0.378 e. The smallest absolute Gasteiger partial charge is 0.202 e. The molecule has 0 bridgehead atoms. The average Bonchev–Trinajstić information content (AvgIpc) is 2.90. The fourth-order valence-corrected chi connectivity index (χ4v) is 2.50. The molecule has 1 aliphatic heterocycles. The highest BCUT2D eigenvalue weighted by atomic mass is 32.1. The van der Waals surface area contributed by atoms with Gasteiger partial charge >= 0.3 is 0 Å². The van der Waals surface area contributed by atoms with Crippen LogP contribution >= 0.6 is 11.5 Å². The third-order valence-corrected chi connectivity index (χ3v) is 3.42. The van der Waals surface area contributed by atoms with Gasteiger partial charge in [-0.1, -0.05) is 6.92 Å². The number of hydrogen-bond acceptors (Lipinski definition) is 5. The van der Waals surface area contributed by atoms with E-state index in [1.165, 1.54) is 24.4 Å². The number of rotatable bonds is 6. The molecule has 0 aliphatic carbocycles. The Kier molecular flexibility index (Phi) is 4.54. The lowest BCUT2D eigenvalue weighted by Gasteiger charge is -2.08. The fourth-order valence-electron chi connectivity index (χ4n) is 1.86. The number of hydrogen-bond donors (Lipinski definition) is 1. The lowest BCUT2D eigenvalue weighted by molar-refractivity contribution is 0.107. The molecule has 90 valence electrons. The van der Waals surface area contributed by atoms with Gasteiger partial charge in [0.15, 0.2) is 0 Å². The van der Waals surface area contributed by atoms with Crippen LogP contribution in [0.5, 0.6) is 0 Å². The molecule has 1 fully saturated rings. The highest BCUT2D eigenvalue weighted by Crippen LogP contribution is 2.16. The summed E-state index contributed by atoms with van der Waals surface area (Å²) >= 11 is 1.46. The Hall–Kier alpha value is -0.680. The van der Waals surface area contributed by atoms with E-state index in [4.69, 9.17) is 4.74 Å². The topological polar surface area (TPSA) is 47.0 Å². The van der Waals surface area contributed by atoms with Gasteiger partial charge in [-0.25, -0.2) is 4.98 Å². The molecule has 16 heavy (non-hydrogen) atoms. The van der Waals surface area contributed by atoms with Gasteiger partial charge in [0.1, 0.15) is 5.82 Å². The molecule has 0 aromatic carbocycles. The van der Waals surface area contributed by atoms with Crippen LogP contribution in [-0.2, 0) is 11.2 Å². The minimum absolute atomic E-state index is 0.454. The molecule has 1 aromatic rings. The van der Waals surface area contributed by atoms with Crippen molar-refractivity contribution in [2.24, 2.45) is 0 Å². The monoisotopic (exact) mass is 241 g/mol. The number of aryl methyl sites for hydroxylation is 1. The van der Waals surface area contributed by atoms with E-state index in [1.54, 1.807) is 0 Å². The van der Waals surface area contributed by atoms with Crippen molar-refractivity contribution in [3.05, 3.63) is 5.82 Å². The number of anilines is 1. The average molecular weight is 241 g/mol. The van der Waals surface area contributed by atoms with Gasteiger partial charge in [-0.15, -0.1) is 0 Å². The molecule has 1 aliphatic rings. The van der Waals surface area contributed by atoms with Gasteiger partial charge < -0.3 is 10.1 Å². The fraction of sp³-hybridized carbons (Fsp3) is 0.818. The quantitative estimate of drug-likeness (QED) is 0.831. The van der Waals surface area contributed by atoms with Crippen LogP contribution in [0.25, 0.3) is 0 Å². The summed E-state index contributed by atoms with van der Waals surface area (Å²) in [5.41, 5.74) is 0. The third-order valence-electron chi connectivity index (χ3n) is 2.71. The van der Waals surface area contributed by atoms with E-state index < -0.39 is 0 Å². The van der Waals surface area contributed by atoms with Gasteiger partial charge in [0.25, 0.3) is 0 Å². The summed E-state index contributed by atoms with van der Waals surface area (Å²) in [7, 11) is 0. The van der Waals surface area contributed by atoms with Crippen LogP contribution in [0.4, 0.5) is 5.13 Å². The molecule has 0 amide bonds. The first kappa shape index (κ1) is 11.8. The zero-order chi connectivity index (χ0) is 11.2. The van der Waals surface area contributed by atoms with Crippen molar-refractivity contribution in [3.8, 4) is 0 Å². The Morgan fingerprint density at radius 2 is 2.50 bits per heavy atom. The number of nitrogens with zero attached hydrogens (tertiary/aromatic N) is 2. The molecule has 2 rings (SSSR count). The van der Waals surface area contributed by atoms with E-state index in [0.717, 1.165) is 43.4 Å². The van der Waals surface area contributed by atoms with Crippen LogP contribution in [-0.4, -0.2) is 28.6 Å². The van der Waals surface area contributed by atoms with E-state index >= 15 is 0 Å². The maximum absolute atomic E-state index is 5.56. The van der Waals surface area contributed by atoms with E-state index in [1.807, 2.05) is 0 Å². The molecule has 5 heteroatoms. The van der Waals surface area contributed by atoms with Gasteiger partial charge in [0.05, 0.1) is 6.10 Å². The predicted molar refractivity (Wildman–Crippen MR) is 66.0 cm³/mol. The summed E-state index contributed by atoms with van der Waals surface area (Å²) in [6.45, 7) is 4.01. The Bertz CT molecular complexity index is 310. The van der Waals surface area contributed by atoms with Crippen molar-refractivity contribution in [1.29, 1.82) is 0 Å². The van der Waals surface area contributed by atoms with Gasteiger partial charge in [-0.3, -0.25) is 0 Å². The molecular formula is C11H19N3OS. The van der Waals surface area contributed by atoms with Gasteiger partial charge in [-0.05, 0) is 25.7 Å². The first-order chi connectivity index (χ1) is 7.88. The molecule has 1 unspecified atom stereocenters. The summed E-state index contributed by atoms with van der Waals surface area (Å²) in [4.78, 5) is 4.42. The molecule has 1 aromatic heterocycles. The molecular weight excluding hydrogens is 222 g/mol. The number of nitrogens with one attached hydrogen (secondary N) is 1. The van der Waals surface area contributed by atoms with Crippen molar-refractivity contribution in [3.63, 3.8) is 0 Å². The highest BCUT2D eigenvalue weighted by molar-refractivity contribution is 7.09. The first-order valence-corrected chi connectivity index (χ1v) is 6.84. The Labute approximate surface area is 101 Å². The molecule has 0 radical (unpaired) electrons. The van der Waals surface area contributed by atoms with Crippen molar-refractivity contribution >= 4 is 16.7 Å². The normalized spacial score (nSPS) is 20.2. The zero-order valence-corrected chi connectivity index (χ0v) is 10.6. The van der Waals surface area contributed by atoms with Crippen molar-refractivity contribution in [2.75, 3.05) is 18.5 Å². The van der Waals surface area contributed by atoms with Gasteiger partial charge in [0, 0.05) is 31.1 Å².